The molecule has 6 unspecified atom stereocenters. The molecule has 0 radical (unpaired) electrons. The molecule has 8 rings (SSSR count). The number of nitrogens with zero attached hydrogens (tertiary/aromatic N) is 2. The van der Waals surface area contributed by atoms with Crippen LogP contribution < -0.4 is 0 Å². The zero-order valence-electron chi connectivity index (χ0n) is 48.1. The smallest absolute Gasteiger partial charge is 0.135 e. The van der Waals surface area contributed by atoms with E-state index in [-0.39, 0.29) is 11.2 Å². The molecule has 0 N–H and O–H groups in total. The molecule has 4 aliphatic heterocycles. The van der Waals surface area contributed by atoms with Gasteiger partial charge in [0.25, 0.3) is 0 Å². The van der Waals surface area contributed by atoms with Crippen LogP contribution in [0.1, 0.15) is 245 Å². The summed E-state index contributed by atoms with van der Waals surface area (Å²) in [5.41, 5.74) is 6.65. The van der Waals surface area contributed by atoms with Crippen molar-refractivity contribution in [3.8, 4) is 20.9 Å². The average Bonchev–Trinajstić information content (AvgIpc) is 4.21. The number of thiophene rings is 2. The number of hydrogen-bond acceptors (Lipinski definition) is 9. The van der Waals surface area contributed by atoms with Gasteiger partial charge in [0.15, 0.2) is 0 Å². The Bertz CT molecular complexity index is 2330. The van der Waals surface area contributed by atoms with Crippen LogP contribution in [0.5, 0.6) is 0 Å². The van der Waals surface area contributed by atoms with Crippen molar-refractivity contribution in [3.05, 3.63) is 56.7 Å². The molecule has 416 valence electrons. The summed E-state index contributed by atoms with van der Waals surface area (Å²) in [6, 6.07) is 9.89. The molecule has 0 fully saturated rings. The number of rotatable bonds is 30. The molecule has 6 atom stereocenters. The van der Waals surface area contributed by atoms with Crippen LogP contribution in [0.3, 0.4) is 0 Å². The molecule has 4 nitrogen and oxygen atoms in total. The molecule has 0 saturated heterocycles. The molecule has 7 heterocycles. The SMILES string of the molecule is CC(C)CCCC(C)CCC1(CCC(C)CCCC(C)C)OC2=C(SC(Br)C2)c2sc(-c3ccc(-c4cc5c(s4)C4=C(CC(Br)S4)OC5(CCC(C)CCCC(C)C)CCC(C)CCCC(C)C)c4nsnc34)cc21. The van der Waals surface area contributed by atoms with Crippen molar-refractivity contribution < 1.29 is 9.47 Å². The van der Waals surface area contributed by atoms with E-state index < -0.39 is 0 Å². The molecule has 0 spiro atoms. The first kappa shape index (κ1) is 60.3. The van der Waals surface area contributed by atoms with Crippen molar-refractivity contribution in [2.75, 3.05) is 0 Å². The van der Waals surface area contributed by atoms with E-state index in [1.165, 1.54) is 178 Å². The third-order valence-electron chi connectivity index (χ3n) is 17.2. The van der Waals surface area contributed by atoms with Crippen LogP contribution in [-0.2, 0) is 20.7 Å². The summed E-state index contributed by atoms with van der Waals surface area (Å²) in [6.07, 6.45) is 26.5. The third-order valence-corrected chi connectivity index (χ3v) is 24.3. The highest BCUT2D eigenvalue weighted by Gasteiger charge is 2.48. The monoisotopic (exact) mass is 1240 g/mol. The molecule has 0 bridgehead atoms. The van der Waals surface area contributed by atoms with E-state index in [1.54, 1.807) is 0 Å². The first-order valence-electron chi connectivity index (χ1n) is 29.8. The van der Waals surface area contributed by atoms with Gasteiger partial charge in [-0.1, -0.05) is 204 Å². The molecule has 0 amide bonds. The van der Waals surface area contributed by atoms with Gasteiger partial charge in [-0.3, -0.25) is 0 Å². The Morgan fingerprint density at radius 3 is 1.11 bits per heavy atom. The first-order valence-corrected chi connectivity index (χ1v) is 35.8. The Kier molecular flexibility index (Phi) is 21.9. The van der Waals surface area contributed by atoms with E-state index in [0.717, 1.165) is 73.2 Å². The fourth-order valence-corrected chi connectivity index (χ4v) is 19.6. The molecular weight excluding hydrogens is 1150 g/mol. The van der Waals surface area contributed by atoms with Gasteiger partial charge in [-0.15, -0.1) is 46.2 Å². The van der Waals surface area contributed by atoms with Gasteiger partial charge in [-0.25, -0.2) is 0 Å². The minimum Gasteiger partial charge on any atom is -0.486 e. The van der Waals surface area contributed by atoms with Gasteiger partial charge < -0.3 is 9.47 Å². The lowest BCUT2D eigenvalue weighted by Crippen LogP contribution is -2.33. The maximum atomic E-state index is 7.58. The standard InChI is InChI=1S/C64H94Br2N2O2S5/c1-39(2)17-13-21-43(9)27-31-63(32-28-44(10)22-14-18-40(3)4)49-35-53(71-59(49)61-51(69-63)37-55(65)73-61)47-25-26-48(58-57(47)67-75-68-58)54-36-50-60(72-54)62-52(38-56(66)74-62)70-64(50,33-29-45(11)23-15-19-41(5)6)34-30-46(12)24-16-20-42(7)8/h25-26,35-36,39-46,55-56H,13-24,27-34,37-38H2,1-12H3. The van der Waals surface area contributed by atoms with E-state index >= 15 is 0 Å². The second-order valence-corrected chi connectivity index (χ2v) is 34.3. The van der Waals surface area contributed by atoms with E-state index in [9.17, 15) is 0 Å². The van der Waals surface area contributed by atoms with Crippen molar-refractivity contribution >= 4 is 111 Å². The van der Waals surface area contributed by atoms with Gasteiger partial charge >= 0.3 is 0 Å². The first-order chi connectivity index (χ1) is 35.8. The normalized spacial score (nSPS) is 23.1. The minimum absolute atomic E-state index is 0.333. The van der Waals surface area contributed by atoms with Crippen LogP contribution in [0.15, 0.2) is 35.8 Å². The molecule has 1 aromatic carbocycles. The predicted molar refractivity (Wildman–Crippen MR) is 342 cm³/mol. The summed E-state index contributed by atoms with van der Waals surface area (Å²) in [6.45, 7) is 28.9. The molecule has 0 aliphatic carbocycles. The van der Waals surface area contributed by atoms with E-state index in [2.05, 4.69) is 139 Å². The number of benzene rings is 1. The molecule has 0 saturated carbocycles. The van der Waals surface area contributed by atoms with Gasteiger partial charge in [0.2, 0.25) is 0 Å². The molecular formula is C64H94Br2N2O2S5. The fraction of sp³-hybridized carbons (Fsp3) is 0.719. The Balaban J connectivity index is 1.15. The summed E-state index contributed by atoms with van der Waals surface area (Å²) in [5.74, 6) is 8.14. The Labute approximate surface area is 493 Å². The number of aromatic nitrogens is 2. The summed E-state index contributed by atoms with van der Waals surface area (Å²) >= 11 is 17.3. The maximum absolute atomic E-state index is 7.58. The van der Waals surface area contributed by atoms with Crippen molar-refractivity contribution in [2.45, 2.75) is 244 Å². The van der Waals surface area contributed by atoms with Crippen molar-refractivity contribution in [3.63, 3.8) is 0 Å². The van der Waals surface area contributed by atoms with Crippen molar-refractivity contribution in [2.24, 2.45) is 47.3 Å². The molecule has 4 aliphatic rings. The Hall–Kier alpha value is -0.820. The van der Waals surface area contributed by atoms with Crippen LogP contribution in [0.25, 0.3) is 41.7 Å². The van der Waals surface area contributed by atoms with E-state index in [4.69, 9.17) is 18.2 Å². The molecule has 3 aromatic heterocycles. The highest BCUT2D eigenvalue weighted by molar-refractivity contribution is 9.11. The summed E-state index contributed by atoms with van der Waals surface area (Å²) in [5, 5.41) is 0. The quantitative estimate of drug-likeness (QED) is 0.0485. The summed E-state index contributed by atoms with van der Waals surface area (Å²) in [7, 11) is 0. The maximum Gasteiger partial charge on any atom is 0.135 e. The minimum atomic E-state index is -0.333. The zero-order chi connectivity index (χ0) is 53.6. The fourth-order valence-electron chi connectivity index (χ4n) is 12.4. The van der Waals surface area contributed by atoms with Gasteiger partial charge in [-0.2, -0.15) is 8.75 Å². The molecule has 4 aromatic rings. The number of allylic oxidation sites excluding steroid dienone is 2. The summed E-state index contributed by atoms with van der Waals surface area (Å²) < 4.78 is 26.2. The van der Waals surface area contributed by atoms with Crippen LogP contribution in [0.4, 0.5) is 0 Å². The lowest BCUT2D eigenvalue weighted by molar-refractivity contribution is -0.0317. The van der Waals surface area contributed by atoms with Gasteiger partial charge in [0, 0.05) is 44.8 Å². The molecule has 11 heteroatoms. The second kappa shape index (κ2) is 27.3. The Morgan fingerprint density at radius 2 is 0.800 bits per heavy atom. The van der Waals surface area contributed by atoms with Crippen LogP contribution in [-0.4, -0.2) is 17.1 Å². The lowest BCUT2D eigenvalue weighted by atomic mass is 9.78. The zero-order valence-corrected chi connectivity index (χ0v) is 55.4. The van der Waals surface area contributed by atoms with E-state index in [1.807, 2.05) is 46.2 Å². The number of thioether (sulfide) groups is 2. The number of fused-ring (bicyclic) bond motifs is 5. The topological polar surface area (TPSA) is 44.2 Å². The highest BCUT2D eigenvalue weighted by atomic mass is 79.9. The van der Waals surface area contributed by atoms with Crippen molar-refractivity contribution in [1.29, 1.82) is 0 Å². The molecule has 75 heavy (non-hydrogen) atoms. The average molecular weight is 1240 g/mol. The van der Waals surface area contributed by atoms with Crippen LogP contribution in [0.2, 0.25) is 0 Å². The number of hydrogen-bond donors (Lipinski definition) is 0. The highest BCUT2D eigenvalue weighted by Crippen LogP contribution is 2.62. The number of ether oxygens (including phenoxy) is 2. The van der Waals surface area contributed by atoms with E-state index in [0.29, 0.717) is 32.0 Å². The van der Waals surface area contributed by atoms with Gasteiger partial charge in [0.05, 0.1) is 39.6 Å². The third kappa shape index (κ3) is 15.2. The van der Waals surface area contributed by atoms with Crippen molar-refractivity contribution in [1.82, 2.24) is 8.75 Å². The van der Waals surface area contributed by atoms with Gasteiger partial charge in [-0.05, 0) is 111 Å². The largest absolute Gasteiger partial charge is 0.486 e. The number of alkyl halides is 2. The lowest BCUT2D eigenvalue weighted by Gasteiger charge is -2.40. The Morgan fingerprint density at radius 1 is 0.480 bits per heavy atom. The van der Waals surface area contributed by atoms with Gasteiger partial charge in [0.1, 0.15) is 33.8 Å². The second-order valence-electron chi connectivity index (χ2n) is 25.9. The summed E-state index contributed by atoms with van der Waals surface area (Å²) in [4.78, 5) is 8.17. The predicted octanol–water partition coefficient (Wildman–Crippen LogP) is 23.6. The van der Waals surface area contributed by atoms with Crippen LogP contribution >= 0.6 is 89.8 Å². The van der Waals surface area contributed by atoms with Crippen LogP contribution in [0, 0.1) is 47.3 Å². The number of halogens is 2.